The number of nitrogens with one attached hydrogen (secondary N) is 2. The Bertz CT molecular complexity index is 642. The van der Waals surface area contributed by atoms with Gasteiger partial charge in [-0.05, 0) is 36.4 Å². The van der Waals surface area contributed by atoms with Gasteiger partial charge >= 0.3 is 0 Å². The lowest BCUT2D eigenvalue weighted by Crippen LogP contribution is -2.25. The van der Waals surface area contributed by atoms with E-state index in [4.69, 9.17) is 0 Å². The van der Waals surface area contributed by atoms with Gasteiger partial charge in [0, 0.05) is 11.3 Å². The molecule has 3 N–H and O–H groups in total. The van der Waals surface area contributed by atoms with E-state index in [1.807, 2.05) is 0 Å². The molecule has 5 nitrogen and oxygen atoms in total. The van der Waals surface area contributed by atoms with E-state index >= 15 is 0 Å². The molecule has 0 fully saturated rings. The molecule has 0 bridgehead atoms. The van der Waals surface area contributed by atoms with Crippen LogP contribution in [0.15, 0.2) is 53.6 Å². The molecule has 108 valence electrons. The number of carbonyl (C=O) groups is 1. The lowest BCUT2D eigenvalue weighted by atomic mass is 10.2. The Morgan fingerprint density at radius 1 is 1.19 bits per heavy atom. The van der Waals surface area contributed by atoms with Crippen molar-refractivity contribution >= 4 is 17.8 Å². The van der Waals surface area contributed by atoms with Crippen molar-refractivity contribution in [3.8, 4) is 5.75 Å². The maximum Gasteiger partial charge on any atom is 0.259 e. The monoisotopic (exact) mass is 287 g/mol. The fourth-order valence-electron chi connectivity index (χ4n) is 1.56. The van der Waals surface area contributed by atoms with E-state index in [1.165, 1.54) is 36.5 Å². The lowest BCUT2D eigenvalue weighted by molar-refractivity contribution is -0.119. The Hall–Kier alpha value is -2.89. The highest BCUT2D eigenvalue weighted by atomic mass is 19.1. The first kappa shape index (κ1) is 14.5. The first-order valence-corrected chi connectivity index (χ1v) is 6.24. The van der Waals surface area contributed by atoms with Gasteiger partial charge in [-0.1, -0.05) is 12.1 Å². The summed E-state index contributed by atoms with van der Waals surface area (Å²) < 4.78 is 12.7. The van der Waals surface area contributed by atoms with Gasteiger partial charge in [0.25, 0.3) is 5.91 Å². The third-order valence-electron chi connectivity index (χ3n) is 2.63. The number of rotatable bonds is 5. The lowest BCUT2D eigenvalue weighted by Gasteiger charge is -2.04. The number of hydrazone groups is 1. The molecule has 1 amide bonds. The summed E-state index contributed by atoms with van der Waals surface area (Å²) >= 11 is 0. The van der Waals surface area contributed by atoms with Gasteiger partial charge in [-0.15, -0.1) is 0 Å². The summed E-state index contributed by atoms with van der Waals surface area (Å²) in [7, 11) is 0. The van der Waals surface area contributed by atoms with Crippen molar-refractivity contribution in [2.45, 2.75) is 0 Å². The summed E-state index contributed by atoms with van der Waals surface area (Å²) in [5, 5.41) is 16.1. The molecule has 2 aromatic rings. The minimum Gasteiger partial charge on any atom is -0.507 e. The molecule has 2 aromatic carbocycles. The third kappa shape index (κ3) is 4.61. The van der Waals surface area contributed by atoms with Gasteiger partial charge in [0.15, 0.2) is 0 Å². The van der Waals surface area contributed by atoms with E-state index in [-0.39, 0.29) is 24.0 Å². The summed E-state index contributed by atoms with van der Waals surface area (Å²) in [6.45, 7) is 0.00371. The van der Waals surface area contributed by atoms with Crippen molar-refractivity contribution in [1.82, 2.24) is 5.43 Å². The van der Waals surface area contributed by atoms with E-state index in [0.717, 1.165) is 0 Å². The second kappa shape index (κ2) is 7.04. The van der Waals surface area contributed by atoms with E-state index in [1.54, 1.807) is 18.2 Å². The maximum absolute atomic E-state index is 12.7. The van der Waals surface area contributed by atoms with Gasteiger partial charge in [0.1, 0.15) is 11.6 Å². The Morgan fingerprint density at radius 2 is 1.90 bits per heavy atom. The first-order chi connectivity index (χ1) is 10.1. The van der Waals surface area contributed by atoms with Crippen LogP contribution in [0.25, 0.3) is 0 Å². The number of hydrogen-bond donors (Lipinski definition) is 3. The third-order valence-corrected chi connectivity index (χ3v) is 2.63. The molecular weight excluding hydrogens is 273 g/mol. The second-order valence-corrected chi connectivity index (χ2v) is 4.21. The fraction of sp³-hybridized carbons (Fsp3) is 0.0667. The number of para-hydroxylation sites is 1. The average molecular weight is 287 g/mol. The molecule has 0 radical (unpaired) electrons. The first-order valence-electron chi connectivity index (χ1n) is 6.24. The van der Waals surface area contributed by atoms with Crippen LogP contribution in [-0.4, -0.2) is 23.8 Å². The van der Waals surface area contributed by atoms with Crippen molar-refractivity contribution in [3.05, 3.63) is 59.9 Å². The highest BCUT2D eigenvalue weighted by Crippen LogP contribution is 2.12. The highest BCUT2D eigenvalue weighted by Gasteiger charge is 2.00. The van der Waals surface area contributed by atoms with E-state index < -0.39 is 0 Å². The number of carbonyl (C=O) groups excluding carboxylic acids is 1. The Balaban J connectivity index is 1.80. The van der Waals surface area contributed by atoms with Gasteiger partial charge in [0.05, 0.1) is 12.8 Å². The van der Waals surface area contributed by atoms with Crippen LogP contribution in [-0.2, 0) is 4.79 Å². The molecule has 0 heterocycles. The van der Waals surface area contributed by atoms with Crippen molar-refractivity contribution in [2.75, 3.05) is 11.9 Å². The highest BCUT2D eigenvalue weighted by molar-refractivity contribution is 5.86. The zero-order valence-corrected chi connectivity index (χ0v) is 11.1. The molecule has 0 spiro atoms. The molecule has 21 heavy (non-hydrogen) atoms. The van der Waals surface area contributed by atoms with Gasteiger partial charge in [-0.25, -0.2) is 9.82 Å². The molecule has 0 aliphatic carbocycles. The maximum atomic E-state index is 12.7. The Kier molecular flexibility index (Phi) is 4.87. The summed E-state index contributed by atoms with van der Waals surface area (Å²) in [5.41, 5.74) is 3.46. The fourth-order valence-corrected chi connectivity index (χ4v) is 1.56. The Labute approximate surface area is 121 Å². The van der Waals surface area contributed by atoms with Gasteiger partial charge in [-0.2, -0.15) is 5.10 Å². The van der Waals surface area contributed by atoms with Crippen LogP contribution in [0.1, 0.15) is 5.56 Å². The van der Waals surface area contributed by atoms with E-state index in [2.05, 4.69) is 15.8 Å². The number of amides is 1. The molecule has 0 saturated heterocycles. The zero-order chi connectivity index (χ0) is 15.1. The number of anilines is 1. The number of hydrogen-bond acceptors (Lipinski definition) is 4. The summed E-state index contributed by atoms with van der Waals surface area (Å²) in [4.78, 5) is 11.5. The summed E-state index contributed by atoms with van der Waals surface area (Å²) in [6.07, 6.45) is 1.35. The van der Waals surface area contributed by atoms with Crippen molar-refractivity contribution in [1.29, 1.82) is 0 Å². The van der Waals surface area contributed by atoms with Gasteiger partial charge in [0.2, 0.25) is 0 Å². The molecule has 0 aromatic heterocycles. The smallest absolute Gasteiger partial charge is 0.259 e. The number of phenolic OH excluding ortho intramolecular Hbond substituents is 1. The molecule has 0 aliphatic rings. The normalized spacial score (nSPS) is 10.5. The van der Waals surface area contributed by atoms with Crippen LogP contribution < -0.4 is 10.7 Å². The van der Waals surface area contributed by atoms with Crippen LogP contribution in [0.4, 0.5) is 10.1 Å². The largest absolute Gasteiger partial charge is 0.507 e. The molecule has 0 atom stereocenters. The molecule has 0 aliphatic heterocycles. The van der Waals surface area contributed by atoms with Crippen LogP contribution in [0.2, 0.25) is 0 Å². The van der Waals surface area contributed by atoms with Crippen molar-refractivity contribution in [3.63, 3.8) is 0 Å². The van der Waals surface area contributed by atoms with Crippen LogP contribution in [0.5, 0.6) is 5.75 Å². The molecule has 0 saturated carbocycles. The molecule has 0 unspecified atom stereocenters. The number of nitrogens with zero attached hydrogens (tertiary/aromatic N) is 1. The number of halogens is 1. The SMILES string of the molecule is O=C(CNc1ccc(F)cc1)NN=Cc1ccccc1O. The molecular formula is C15H14FN3O2. The average Bonchev–Trinajstić information content (AvgIpc) is 2.49. The van der Waals surface area contributed by atoms with Crippen molar-refractivity contribution in [2.24, 2.45) is 5.10 Å². The molecule has 2 rings (SSSR count). The molecule has 6 heteroatoms. The van der Waals surface area contributed by atoms with E-state index in [0.29, 0.717) is 11.3 Å². The standard InChI is InChI=1S/C15H14FN3O2/c16-12-5-7-13(8-6-12)17-10-15(21)19-18-9-11-3-1-2-4-14(11)20/h1-9,17,20H,10H2,(H,19,21). The minimum absolute atomic E-state index is 0.00371. The number of benzene rings is 2. The summed E-state index contributed by atoms with van der Waals surface area (Å²) in [5.74, 6) is -0.608. The Morgan fingerprint density at radius 3 is 2.62 bits per heavy atom. The van der Waals surface area contributed by atoms with Gasteiger partial charge in [-0.3, -0.25) is 4.79 Å². The topological polar surface area (TPSA) is 73.7 Å². The van der Waals surface area contributed by atoms with Crippen molar-refractivity contribution < 1.29 is 14.3 Å². The van der Waals surface area contributed by atoms with Crippen LogP contribution >= 0.6 is 0 Å². The number of phenols is 1. The zero-order valence-electron chi connectivity index (χ0n) is 11.1. The second-order valence-electron chi connectivity index (χ2n) is 4.21. The van der Waals surface area contributed by atoms with Crippen LogP contribution in [0, 0.1) is 5.82 Å². The van der Waals surface area contributed by atoms with Gasteiger partial charge < -0.3 is 10.4 Å². The number of aromatic hydroxyl groups is 1. The minimum atomic E-state index is -0.356. The summed E-state index contributed by atoms with van der Waals surface area (Å²) in [6, 6.07) is 12.3. The van der Waals surface area contributed by atoms with Crippen LogP contribution in [0.3, 0.4) is 0 Å². The quantitative estimate of drug-likeness (QED) is 0.582. The predicted octanol–water partition coefficient (Wildman–Crippen LogP) is 2.09. The van der Waals surface area contributed by atoms with E-state index in [9.17, 15) is 14.3 Å². The predicted molar refractivity (Wildman–Crippen MR) is 78.7 cm³/mol.